The van der Waals surface area contributed by atoms with E-state index in [1.807, 2.05) is 51.1 Å². The van der Waals surface area contributed by atoms with Crippen molar-refractivity contribution in [3.05, 3.63) is 75.7 Å². The number of benzene rings is 1. The fourth-order valence-corrected chi connectivity index (χ4v) is 3.76. The minimum Gasteiger partial charge on any atom is -0.497 e. The maximum Gasteiger partial charge on any atom is 0.278 e. The van der Waals surface area contributed by atoms with Crippen LogP contribution in [0.1, 0.15) is 35.3 Å². The van der Waals surface area contributed by atoms with Gasteiger partial charge in [0.05, 0.1) is 13.7 Å². The normalized spacial score (nSPS) is 11.3. The Bertz CT molecular complexity index is 1410. The number of aromatic nitrogens is 3. The largest absolute Gasteiger partial charge is 0.497 e. The van der Waals surface area contributed by atoms with E-state index in [1.54, 1.807) is 30.0 Å². The Balaban J connectivity index is 1.97. The number of hydrogen-bond acceptors (Lipinski definition) is 5. The average Bonchev–Trinajstić information content (AvgIpc) is 2.80. The number of rotatable bonds is 6. The zero-order chi connectivity index (χ0) is 23.7. The van der Waals surface area contributed by atoms with Gasteiger partial charge in [-0.25, -0.2) is 4.57 Å². The third kappa shape index (κ3) is 4.24. The number of aryl methyl sites for hydroxylation is 1. The number of pyridine rings is 2. The Kier molecular flexibility index (Phi) is 6.00. The second-order valence-electron chi connectivity index (χ2n) is 8.52. The summed E-state index contributed by atoms with van der Waals surface area (Å²) < 4.78 is 8.48. The highest BCUT2D eigenvalue weighted by Crippen LogP contribution is 2.18. The molecule has 0 bridgehead atoms. The number of amides is 1. The summed E-state index contributed by atoms with van der Waals surface area (Å²) in [4.78, 5) is 31.2. The second-order valence-corrected chi connectivity index (χ2v) is 8.52. The zero-order valence-electron chi connectivity index (χ0n) is 19.3. The standard InChI is InChI=1S/C25H27N5O3/c1-15(2)13-27-24(31)19-12-20-23(28-22-16(3)6-5-11-29(22)25(20)32)30(21(19)26)14-17-7-9-18(33-4)10-8-17/h5-12,15,26H,13-14H2,1-4H3,(H,27,31)/p+1. The van der Waals surface area contributed by atoms with Gasteiger partial charge >= 0.3 is 0 Å². The quantitative estimate of drug-likeness (QED) is 0.350. The van der Waals surface area contributed by atoms with Crippen molar-refractivity contribution in [2.45, 2.75) is 27.3 Å². The topological polar surface area (TPSA) is 103 Å². The van der Waals surface area contributed by atoms with Crippen LogP contribution in [0.2, 0.25) is 0 Å². The van der Waals surface area contributed by atoms with Crippen molar-refractivity contribution >= 4 is 28.4 Å². The number of nitrogen functional groups attached to an aromatic ring is 1. The van der Waals surface area contributed by atoms with Crippen molar-refractivity contribution < 1.29 is 14.1 Å². The van der Waals surface area contributed by atoms with Crippen LogP contribution in [0.5, 0.6) is 5.75 Å². The Morgan fingerprint density at radius 2 is 1.97 bits per heavy atom. The van der Waals surface area contributed by atoms with E-state index in [-0.39, 0.29) is 28.8 Å². The summed E-state index contributed by atoms with van der Waals surface area (Å²) in [6, 6.07) is 12.8. The smallest absolute Gasteiger partial charge is 0.278 e. The zero-order valence-corrected chi connectivity index (χ0v) is 19.3. The first-order chi connectivity index (χ1) is 15.8. The molecule has 0 atom stereocenters. The minimum atomic E-state index is -0.319. The molecule has 4 rings (SSSR count). The number of methoxy groups -OCH3 is 1. The fourth-order valence-electron chi connectivity index (χ4n) is 3.76. The Morgan fingerprint density at radius 1 is 1.24 bits per heavy atom. The number of nitrogens with one attached hydrogen (secondary N) is 1. The molecule has 0 aliphatic heterocycles. The van der Waals surface area contributed by atoms with E-state index < -0.39 is 0 Å². The molecule has 1 amide bonds. The number of carbonyl (C=O) groups is 1. The van der Waals surface area contributed by atoms with E-state index in [4.69, 9.17) is 15.5 Å². The van der Waals surface area contributed by atoms with Gasteiger partial charge in [0.15, 0.2) is 0 Å². The molecular formula is C25H28N5O3+. The fraction of sp³-hybridized carbons (Fsp3) is 0.280. The molecule has 0 radical (unpaired) electrons. The summed E-state index contributed by atoms with van der Waals surface area (Å²) in [7, 11) is 1.61. The first kappa shape index (κ1) is 22.3. The molecule has 4 aromatic rings. The predicted octanol–water partition coefficient (Wildman–Crippen LogP) is 2.47. The van der Waals surface area contributed by atoms with E-state index in [9.17, 15) is 9.59 Å². The summed E-state index contributed by atoms with van der Waals surface area (Å²) in [5, 5.41) is 3.23. The molecule has 0 aliphatic carbocycles. The lowest BCUT2D eigenvalue weighted by atomic mass is 10.1. The number of ether oxygens (including phenoxy) is 1. The molecule has 0 unspecified atom stereocenters. The van der Waals surface area contributed by atoms with E-state index in [2.05, 4.69) is 5.32 Å². The van der Waals surface area contributed by atoms with Gasteiger partial charge < -0.3 is 15.8 Å². The molecule has 3 N–H and O–H groups in total. The van der Waals surface area contributed by atoms with Crippen LogP contribution in [-0.2, 0) is 6.54 Å². The molecule has 0 saturated carbocycles. The number of carbonyl (C=O) groups excluding carboxylic acids is 1. The first-order valence-electron chi connectivity index (χ1n) is 10.8. The third-order valence-electron chi connectivity index (χ3n) is 5.59. The van der Waals surface area contributed by atoms with Gasteiger partial charge in [-0.05, 0) is 42.7 Å². The summed E-state index contributed by atoms with van der Waals surface area (Å²) >= 11 is 0. The molecule has 3 aromatic heterocycles. The van der Waals surface area contributed by atoms with Gasteiger partial charge in [0.2, 0.25) is 11.5 Å². The molecular weight excluding hydrogens is 418 g/mol. The van der Waals surface area contributed by atoms with E-state index in [0.717, 1.165) is 16.9 Å². The first-order valence-corrected chi connectivity index (χ1v) is 10.8. The van der Waals surface area contributed by atoms with Gasteiger partial charge in [0, 0.05) is 18.3 Å². The maximum atomic E-state index is 13.4. The molecule has 3 heterocycles. The number of nitrogens with zero attached hydrogens (tertiary/aromatic N) is 3. The van der Waals surface area contributed by atoms with Crippen molar-refractivity contribution in [3.63, 3.8) is 0 Å². The van der Waals surface area contributed by atoms with Crippen LogP contribution in [0.4, 0.5) is 5.82 Å². The van der Waals surface area contributed by atoms with Gasteiger partial charge in [-0.15, -0.1) is 0 Å². The highest BCUT2D eigenvalue weighted by atomic mass is 16.5. The van der Waals surface area contributed by atoms with Crippen molar-refractivity contribution in [3.8, 4) is 5.75 Å². The summed E-state index contributed by atoms with van der Waals surface area (Å²) in [6.45, 7) is 6.77. The van der Waals surface area contributed by atoms with E-state index in [1.165, 1.54) is 4.40 Å². The SMILES string of the molecule is COc1ccc(C[n+]2c(N)c(C(=O)NCC(C)C)cc3c(=O)n4cccc(C)c4nc32)cc1. The lowest BCUT2D eigenvalue weighted by Gasteiger charge is -2.14. The molecule has 170 valence electrons. The van der Waals surface area contributed by atoms with Gasteiger partial charge in [-0.3, -0.25) is 14.0 Å². The highest BCUT2D eigenvalue weighted by Gasteiger charge is 2.25. The molecule has 0 aliphatic rings. The molecule has 1 aromatic carbocycles. The Labute approximate surface area is 191 Å². The minimum absolute atomic E-state index is 0.250. The van der Waals surface area contributed by atoms with Gasteiger partial charge in [-0.2, -0.15) is 0 Å². The van der Waals surface area contributed by atoms with Crippen LogP contribution in [0.15, 0.2) is 53.5 Å². The highest BCUT2D eigenvalue weighted by molar-refractivity contribution is 6.00. The molecule has 8 nitrogen and oxygen atoms in total. The van der Waals surface area contributed by atoms with Crippen molar-refractivity contribution in [2.24, 2.45) is 5.92 Å². The predicted molar refractivity (Wildman–Crippen MR) is 128 cm³/mol. The molecule has 0 fully saturated rings. The second kappa shape index (κ2) is 8.90. The van der Waals surface area contributed by atoms with Gasteiger partial charge in [0.1, 0.15) is 16.7 Å². The van der Waals surface area contributed by atoms with Crippen LogP contribution in [0.25, 0.3) is 16.7 Å². The van der Waals surface area contributed by atoms with Crippen LogP contribution in [-0.4, -0.2) is 28.9 Å². The van der Waals surface area contributed by atoms with Crippen molar-refractivity contribution in [2.75, 3.05) is 19.4 Å². The lowest BCUT2D eigenvalue weighted by Crippen LogP contribution is -2.43. The van der Waals surface area contributed by atoms with Crippen molar-refractivity contribution in [1.29, 1.82) is 0 Å². The monoisotopic (exact) mass is 446 g/mol. The van der Waals surface area contributed by atoms with Gasteiger partial charge in [-0.1, -0.05) is 37.0 Å². The molecule has 0 spiro atoms. The van der Waals surface area contributed by atoms with E-state index >= 15 is 0 Å². The van der Waals surface area contributed by atoms with Crippen LogP contribution in [0.3, 0.4) is 0 Å². The lowest BCUT2D eigenvalue weighted by molar-refractivity contribution is -0.649. The molecule has 8 heteroatoms. The number of fused-ring (bicyclic) bond motifs is 2. The summed E-state index contributed by atoms with van der Waals surface area (Å²) in [5.41, 5.74) is 9.31. The van der Waals surface area contributed by atoms with Crippen LogP contribution < -0.4 is 25.9 Å². The molecule has 0 saturated heterocycles. The van der Waals surface area contributed by atoms with Crippen molar-refractivity contribution in [1.82, 2.24) is 14.7 Å². The Hall–Kier alpha value is -3.94. The average molecular weight is 447 g/mol. The molecule has 33 heavy (non-hydrogen) atoms. The maximum absolute atomic E-state index is 13.4. The summed E-state index contributed by atoms with van der Waals surface area (Å²) in [6.07, 6.45) is 1.68. The third-order valence-corrected chi connectivity index (χ3v) is 5.59. The number of anilines is 1. The van der Waals surface area contributed by atoms with Crippen LogP contribution >= 0.6 is 0 Å². The van der Waals surface area contributed by atoms with Gasteiger partial charge in [0.25, 0.3) is 17.1 Å². The number of nitrogens with two attached hydrogens (primary N) is 1. The van der Waals surface area contributed by atoms with E-state index in [0.29, 0.717) is 29.8 Å². The summed E-state index contributed by atoms with van der Waals surface area (Å²) in [5.74, 6) is 0.951. The number of hydrogen-bond donors (Lipinski definition) is 2. The Morgan fingerprint density at radius 3 is 2.64 bits per heavy atom. The van der Waals surface area contributed by atoms with Crippen LogP contribution in [0, 0.1) is 12.8 Å².